The maximum absolute atomic E-state index is 11.9. The van der Waals surface area contributed by atoms with Crippen molar-refractivity contribution in [2.75, 3.05) is 11.1 Å². The third-order valence-corrected chi connectivity index (χ3v) is 3.04. The first-order valence-corrected chi connectivity index (χ1v) is 6.33. The largest absolute Gasteiger partial charge is 0.399 e. The summed E-state index contributed by atoms with van der Waals surface area (Å²) in [4.78, 5) is 11.9. The molecule has 3 nitrogen and oxygen atoms in total. The van der Waals surface area contributed by atoms with Crippen molar-refractivity contribution in [1.29, 1.82) is 0 Å². The Bertz CT molecular complexity index is 611. The van der Waals surface area contributed by atoms with Crippen molar-refractivity contribution < 1.29 is 4.79 Å². The van der Waals surface area contributed by atoms with Gasteiger partial charge in [0.2, 0.25) is 5.91 Å². The van der Waals surface area contributed by atoms with E-state index in [-0.39, 0.29) is 5.91 Å². The van der Waals surface area contributed by atoms with Crippen molar-refractivity contribution in [3.8, 4) is 0 Å². The molecule has 2 aromatic rings. The Balaban J connectivity index is 2.03. The molecule has 0 saturated heterocycles. The lowest BCUT2D eigenvalue weighted by Crippen LogP contribution is -2.14. The summed E-state index contributed by atoms with van der Waals surface area (Å²) in [6, 6.07) is 12.7. The zero-order chi connectivity index (χ0) is 13.8. The van der Waals surface area contributed by atoms with Gasteiger partial charge in [-0.3, -0.25) is 4.79 Å². The van der Waals surface area contributed by atoms with Crippen molar-refractivity contribution >= 4 is 28.9 Å². The van der Waals surface area contributed by atoms with Crippen LogP contribution in [0.5, 0.6) is 0 Å². The van der Waals surface area contributed by atoms with Crippen LogP contribution in [0.4, 0.5) is 11.4 Å². The van der Waals surface area contributed by atoms with Gasteiger partial charge in [0, 0.05) is 16.4 Å². The second-order valence-electron chi connectivity index (χ2n) is 4.43. The number of aryl methyl sites for hydroxylation is 1. The van der Waals surface area contributed by atoms with Gasteiger partial charge in [-0.15, -0.1) is 0 Å². The van der Waals surface area contributed by atoms with Crippen LogP contribution in [-0.2, 0) is 11.2 Å². The molecule has 0 bridgehead atoms. The number of benzene rings is 2. The second-order valence-corrected chi connectivity index (χ2v) is 4.86. The predicted molar refractivity (Wildman–Crippen MR) is 79.4 cm³/mol. The van der Waals surface area contributed by atoms with E-state index in [9.17, 15) is 4.79 Å². The molecule has 4 heteroatoms. The Kier molecular flexibility index (Phi) is 4.07. The number of anilines is 2. The Labute approximate surface area is 117 Å². The van der Waals surface area contributed by atoms with Crippen LogP contribution in [0.15, 0.2) is 42.5 Å². The molecule has 0 aliphatic heterocycles. The van der Waals surface area contributed by atoms with Crippen LogP contribution in [0.1, 0.15) is 11.1 Å². The molecule has 2 aromatic carbocycles. The van der Waals surface area contributed by atoms with Gasteiger partial charge in [0.15, 0.2) is 0 Å². The maximum Gasteiger partial charge on any atom is 0.228 e. The molecule has 0 atom stereocenters. The topological polar surface area (TPSA) is 55.1 Å². The van der Waals surface area contributed by atoms with Crippen LogP contribution in [0.25, 0.3) is 0 Å². The van der Waals surface area contributed by atoms with Gasteiger partial charge in [0.05, 0.1) is 6.42 Å². The summed E-state index contributed by atoms with van der Waals surface area (Å²) in [5.41, 5.74) is 9.03. The van der Waals surface area contributed by atoms with Crippen molar-refractivity contribution in [2.45, 2.75) is 13.3 Å². The fourth-order valence-corrected chi connectivity index (χ4v) is 2.00. The zero-order valence-corrected chi connectivity index (χ0v) is 11.4. The molecule has 0 aromatic heterocycles. The first kappa shape index (κ1) is 13.4. The second kappa shape index (κ2) is 5.76. The van der Waals surface area contributed by atoms with Crippen LogP contribution in [0, 0.1) is 6.92 Å². The van der Waals surface area contributed by atoms with E-state index in [4.69, 9.17) is 17.3 Å². The lowest BCUT2D eigenvalue weighted by atomic mass is 10.1. The summed E-state index contributed by atoms with van der Waals surface area (Å²) in [5, 5.41) is 3.47. The molecular weight excluding hydrogens is 260 g/mol. The fraction of sp³-hybridized carbons (Fsp3) is 0.133. The van der Waals surface area contributed by atoms with Crippen LogP contribution in [0.2, 0.25) is 5.02 Å². The van der Waals surface area contributed by atoms with Crippen molar-refractivity contribution in [2.24, 2.45) is 0 Å². The summed E-state index contributed by atoms with van der Waals surface area (Å²) in [5.74, 6) is -0.0774. The fourth-order valence-electron chi connectivity index (χ4n) is 1.79. The highest BCUT2D eigenvalue weighted by molar-refractivity contribution is 6.30. The molecule has 0 radical (unpaired) electrons. The molecule has 3 N–H and O–H groups in total. The molecule has 0 heterocycles. The molecule has 19 heavy (non-hydrogen) atoms. The highest BCUT2D eigenvalue weighted by Crippen LogP contribution is 2.17. The molecule has 0 aliphatic carbocycles. The first-order valence-electron chi connectivity index (χ1n) is 5.95. The molecule has 0 unspecified atom stereocenters. The number of hydrogen-bond acceptors (Lipinski definition) is 2. The molecule has 0 aliphatic rings. The van der Waals surface area contributed by atoms with Crippen molar-refractivity contribution in [3.63, 3.8) is 0 Å². The van der Waals surface area contributed by atoms with E-state index in [1.165, 1.54) is 0 Å². The van der Waals surface area contributed by atoms with Crippen LogP contribution in [0.3, 0.4) is 0 Å². The highest BCUT2D eigenvalue weighted by Gasteiger charge is 2.05. The summed E-state index contributed by atoms with van der Waals surface area (Å²) >= 11 is 5.88. The Hall–Kier alpha value is -2.00. The van der Waals surface area contributed by atoms with Gasteiger partial charge in [-0.1, -0.05) is 23.7 Å². The monoisotopic (exact) mass is 274 g/mol. The molecule has 0 fully saturated rings. The number of rotatable bonds is 3. The van der Waals surface area contributed by atoms with E-state index in [0.29, 0.717) is 17.1 Å². The van der Waals surface area contributed by atoms with E-state index in [0.717, 1.165) is 16.8 Å². The third kappa shape index (κ3) is 3.73. The number of carbonyl (C=O) groups excluding carboxylic acids is 1. The highest BCUT2D eigenvalue weighted by atomic mass is 35.5. The number of carbonyl (C=O) groups is 1. The Morgan fingerprint density at radius 1 is 1.26 bits per heavy atom. The van der Waals surface area contributed by atoms with Gasteiger partial charge in [-0.05, 0) is 48.4 Å². The lowest BCUT2D eigenvalue weighted by Gasteiger charge is -2.07. The number of nitrogens with two attached hydrogens (primary N) is 1. The molecule has 98 valence electrons. The average molecular weight is 275 g/mol. The van der Waals surface area contributed by atoms with E-state index in [1.54, 1.807) is 24.3 Å². The Morgan fingerprint density at radius 2 is 2.05 bits per heavy atom. The first-order chi connectivity index (χ1) is 9.04. The SMILES string of the molecule is Cc1cc(NC(=O)Cc2cccc(Cl)c2)ccc1N. The summed E-state index contributed by atoms with van der Waals surface area (Å²) in [6.07, 6.45) is 0.296. The quantitative estimate of drug-likeness (QED) is 0.843. The minimum absolute atomic E-state index is 0.0774. The van der Waals surface area contributed by atoms with Gasteiger partial charge in [0.1, 0.15) is 0 Å². The lowest BCUT2D eigenvalue weighted by molar-refractivity contribution is -0.115. The van der Waals surface area contributed by atoms with Gasteiger partial charge < -0.3 is 11.1 Å². The third-order valence-electron chi connectivity index (χ3n) is 2.81. The van der Waals surface area contributed by atoms with E-state index in [1.807, 2.05) is 25.1 Å². The molecular formula is C15H15ClN2O. The van der Waals surface area contributed by atoms with E-state index in [2.05, 4.69) is 5.32 Å². The Morgan fingerprint density at radius 3 is 2.74 bits per heavy atom. The van der Waals surface area contributed by atoms with Gasteiger partial charge in [-0.25, -0.2) is 0 Å². The van der Waals surface area contributed by atoms with Crippen molar-refractivity contribution in [3.05, 3.63) is 58.6 Å². The molecule has 1 amide bonds. The van der Waals surface area contributed by atoms with E-state index < -0.39 is 0 Å². The van der Waals surface area contributed by atoms with Crippen LogP contribution in [-0.4, -0.2) is 5.91 Å². The van der Waals surface area contributed by atoms with Crippen LogP contribution >= 0.6 is 11.6 Å². The number of nitrogens with one attached hydrogen (secondary N) is 1. The molecule has 0 saturated carbocycles. The number of halogens is 1. The zero-order valence-electron chi connectivity index (χ0n) is 10.6. The van der Waals surface area contributed by atoms with Crippen molar-refractivity contribution in [1.82, 2.24) is 0 Å². The molecule has 0 spiro atoms. The molecule has 2 rings (SSSR count). The minimum atomic E-state index is -0.0774. The normalized spacial score (nSPS) is 10.2. The average Bonchev–Trinajstić information content (AvgIpc) is 2.34. The standard InChI is InChI=1S/C15H15ClN2O/c1-10-7-13(5-6-14(10)17)18-15(19)9-11-3-2-4-12(16)8-11/h2-8H,9,17H2,1H3,(H,18,19). The van der Waals surface area contributed by atoms with Gasteiger partial charge in [-0.2, -0.15) is 0 Å². The van der Waals surface area contributed by atoms with E-state index >= 15 is 0 Å². The summed E-state index contributed by atoms with van der Waals surface area (Å²) in [7, 11) is 0. The van der Waals surface area contributed by atoms with Gasteiger partial charge >= 0.3 is 0 Å². The maximum atomic E-state index is 11.9. The number of amides is 1. The predicted octanol–water partition coefficient (Wildman–Crippen LogP) is 3.41. The summed E-state index contributed by atoms with van der Waals surface area (Å²) in [6.45, 7) is 1.90. The van der Waals surface area contributed by atoms with Crippen LogP contribution < -0.4 is 11.1 Å². The van der Waals surface area contributed by atoms with Gasteiger partial charge in [0.25, 0.3) is 0 Å². The minimum Gasteiger partial charge on any atom is -0.399 e. The summed E-state index contributed by atoms with van der Waals surface area (Å²) < 4.78 is 0. The number of hydrogen-bond donors (Lipinski definition) is 2. The number of nitrogen functional groups attached to an aromatic ring is 1. The smallest absolute Gasteiger partial charge is 0.228 e.